The standard InChI is InChI=1S/C22H24BrNO5/c1-3-11-28-20-17(23)12-15(13-18(20)27-2)22(26)29-19(14-7-5-4-6-8-14)21(25)24-16-9-10-16/h4-8,12-13,16,19H,3,9-11H2,1-2H3,(H,24,25). The molecule has 0 aliphatic heterocycles. The fourth-order valence-electron chi connectivity index (χ4n) is 2.76. The SMILES string of the molecule is CCCOc1c(Br)cc(C(=O)OC(C(=O)NC2CC2)c2ccccc2)cc1OC. The number of esters is 1. The van der Waals surface area contributed by atoms with Crippen LogP contribution in [0.5, 0.6) is 11.5 Å². The maximum Gasteiger partial charge on any atom is 0.339 e. The van der Waals surface area contributed by atoms with E-state index in [1.165, 1.54) is 7.11 Å². The Labute approximate surface area is 178 Å². The van der Waals surface area contributed by atoms with Crippen molar-refractivity contribution in [2.45, 2.75) is 38.3 Å². The van der Waals surface area contributed by atoms with Gasteiger partial charge in [0.2, 0.25) is 6.10 Å². The van der Waals surface area contributed by atoms with Gasteiger partial charge in [0, 0.05) is 11.6 Å². The van der Waals surface area contributed by atoms with Crippen molar-refractivity contribution in [3.63, 3.8) is 0 Å². The Balaban J connectivity index is 1.83. The van der Waals surface area contributed by atoms with E-state index in [9.17, 15) is 9.59 Å². The molecule has 7 heteroatoms. The van der Waals surface area contributed by atoms with Gasteiger partial charge in [-0.25, -0.2) is 4.79 Å². The van der Waals surface area contributed by atoms with Crippen LogP contribution < -0.4 is 14.8 Å². The van der Waals surface area contributed by atoms with Crippen molar-refractivity contribution in [1.82, 2.24) is 5.32 Å². The number of halogens is 1. The van der Waals surface area contributed by atoms with E-state index in [0.717, 1.165) is 19.3 Å². The first kappa shape index (κ1) is 21.2. The summed E-state index contributed by atoms with van der Waals surface area (Å²) in [7, 11) is 1.51. The monoisotopic (exact) mass is 461 g/mol. The smallest absolute Gasteiger partial charge is 0.339 e. The Kier molecular flexibility index (Phi) is 7.14. The second-order valence-electron chi connectivity index (χ2n) is 6.82. The normalized spacial score (nSPS) is 14.0. The van der Waals surface area contributed by atoms with Gasteiger partial charge in [0.05, 0.1) is 23.8 Å². The van der Waals surface area contributed by atoms with Crippen LogP contribution in [0, 0.1) is 0 Å². The molecule has 1 amide bonds. The van der Waals surface area contributed by atoms with Gasteiger partial charge in [-0.15, -0.1) is 0 Å². The van der Waals surface area contributed by atoms with Crippen LogP contribution >= 0.6 is 15.9 Å². The highest BCUT2D eigenvalue weighted by molar-refractivity contribution is 9.10. The molecule has 0 radical (unpaired) electrons. The van der Waals surface area contributed by atoms with Gasteiger partial charge < -0.3 is 19.5 Å². The zero-order chi connectivity index (χ0) is 20.8. The summed E-state index contributed by atoms with van der Waals surface area (Å²) in [6, 6.07) is 12.3. The molecule has 1 N–H and O–H groups in total. The van der Waals surface area contributed by atoms with E-state index in [4.69, 9.17) is 14.2 Å². The number of carbonyl (C=O) groups is 2. The average molecular weight is 462 g/mol. The number of methoxy groups -OCH3 is 1. The molecule has 0 aromatic heterocycles. The number of rotatable bonds is 9. The Bertz CT molecular complexity index is 867. The first-order valence-corrected chi connectivity index (χ1v) is 10.4. The minimum Gasteiger partial charge on any atom is -0.493 e. The summed E-state index contributed by atoms with van der Waals surface area (Å²) in [6.45, 7) is 2.53. The number of hydrogen-bond acceptors (Lipinski definition) is 5. The van der Waals surface area contributed by atoms with Crippen LogP contribution in [0.4, 0.5) is 0 Å². The van der Waals surface area contributed by atoms with Crippen molar-refractivity contribution >= 4 is 27.8 Å². The first-order valence-electron chi connectivity index (χ1n) is 9.60. The second-order valence-corrected chi connectivity index (χ2v) is 7.67. The molecule has 1 fully saturated rings. The molecule has 6 nitrogen and oxygen atoms in total. The summed E-state index contributed by atoms with van der Waals surface area (Å²) >= 11 is 3.43. The fourth-order valence-corrected chi connectivity index (χ4v) is 3.32. The highest BCUT2D eigenvalue weighted by atomic mass is 79.9. The number of carbonyl (C=O) groups excluding carboxylic acids is 2. The van der Waals surface area contributed by atoms with E-state index in [0.29, 0.717) is 28.1 Å². The van der Waals surface area contributed by atoms with Crippen molar-refractivity contribution in [1.29, 1.82) is 0 Å². The number of benzene rings is 2. The largest absolute Gasteiger partial charge is 0.493 e. The van der Waals surface area contributed by atoms with Gasteiger partial charge in [-0.2, -0.15) is 0 Å². The van der Waals surface area contributed by atoms with E-state index in [2.05, 4.69) is 21.2 Å². The van der Waals surface area contributed by atoms with Crippen molar-refractivity contribution in [3.8, 4) is 11.5 Å². The second kappa shape index (κ2) is 9.78. The lowest BCUT2D eigenvalue weighted by Gasteiger charge is -2.19. The topological polar surface area (TPSA) is 73.9 Å². The summed E-state index contributed by atoms with van der Waals surface area (Å²) in [5, 5.41) is 2.91. The van der Waals surface area contributed by atoms with Gasteiger partial charge >= 0.3 is 5.97 Å². The highest BCUT2D eigenvalue weighted by Gasteiger charge is 2.31. The Hall–Kier alpha value is -2.54. The molecule has 0 bridgehead atoms. The van der Waals surface area contributed by atoms with Crippen LogP contribution in [-0.4, -0.2) is 31.6 Å². The molecule has 0 spiro atoms. The third kappa shape index (κ3) is 5.50. The lowest BCUT2D eigenvalue weighted by molar-refractivity contribution is -0.130. The average Bonchev–Trinajstić information content (AvgIpc) is 3.54. The van der Waals surface area contributed by atoms with Gasteiger partial charge in [0.15, 0.2) is 11.5 Å². The predicted molar refractivity (Wildman–Crippen MR) is 112 cm³/mol. The van der Waals surface area contributed by atoms with E-state index in [-0.39, 0.29) is 17.5 Å². The molecule has 0 saturated heterocycles. The predicted octanol–water partition coefficient (Wildman–Crippen LogP) is 4.42. The zero-order valence-corrected chi connectivity index (χ0v) is 18.0. The van der Waals surface area contributed by atoms with Gasteiger partial charge in [-0.1, -0.05) is 37.3 Å². The molecule has 1 saturated carbocycles. The van der Waals surface area contributed by atoms with Crippen molar-refractivity contribution in [3.05, 3.63) is 58.1 Å². The lowest BCUT2D eigenvalue weighted by atomic mass is 10.1. The van der Waals surface area contributed by atoms with Crippen LogP contribution in [0.2, 0.25) is 0 Å². The molecule has 3 rings (SSSR count). The Morgan fingerprint density at radius 3 is 2.55 bits per heavy atom. The van der Waals surface area contributed by atoms with Gasteiger partial charge in [-0.05, 0) is 47.3 Å². The van der Waals surface area contributed by atoms with Gasteiger partial charge in [0.25, 0.3) is 5.91 Å². The summed E-state index contributed by atoms with van der Waals surface area (Å²) in [5.41, 5.74) is 0.880. The van der Waals surface area contributed by atoms with Crippen molar-refractivity contribution in [2.24, 2.45) is 0 Å². The highest BCUT2D eigenvalue weighted by Crippen LogP contribution is 2.37. The van der Waals surface area contributed by atoms with E-state index >= 15 is 0 Å². The van der Waals surface area contributed by atoms with Crippen LogP contribution in [0.15, 0.2) is 46.9 Å². The molecular formula is C22H24BrNO5. The molecule has 2 aromatic carbocycles. The van der Waals surface area contributed by atoms with Gasteiger partial charge in [0.1, 0.15) is 0 Å². The molecule has 1 unspecified atom stereocenters. The van der Waals surface area contributed by atoms with Crippen LogP contribution in [0.3, 0.4) is 0 Å². The number of ether oxygens (including phenoxy) is 3. The molecule has 0 heterocycles. The third-order valence-corrected chi connectivity index (χ3v) is 4.99. The number of amides is 1. The summed E-state index contributed by atoms with van der Waals surface area (Å²) in [4.78, 5) is 25.5. The molecular weight excluding hydrogens is 438 g/mol. The summed E-state index contributed by atoms with van der Waals surface area (Å²) in [6.07, 6.45) is 1.72. The van der Waals surface area contributed by atoms with E-state index in [1.807, 2.05) is 13.0 Å². The van der Waals surface area contributed by atoms with E-state index in [1.54, 1.807) is 36.4 Å². The first-order chi connectivity index (χ1) is 14.0. The van der Waals surface area contributed by atoms with Crippen LogP contribution in [0.1, 0.15) is 48.2 Å². The molecule has 1 aliphatic rings. The fraction of sp³-hybridized carbons (Fsp3) is 0.364. The third-order valence-electron chi connectivity index (χ3n) is 4.40. The number of nitrogens with one attached hydrogen (secondary N) is 1. The van der Waals surface area contributed by atoms with E-state index < -0.39 is 12.1 Å². The molecule has 1 aliphatic carbocycles. The Morgan fingerprint density at radius 2 is 1.93 bits per heavy atom. The molecule has 29 heavy (non-hydrogen) atoms. The maximum absolute atomic E-state index is 12.9. The summed E-state index contributed by atoms with van der Waals surface area (Å²) < 4.78 is 17.3. The lowest BCUT2D eigenvalue weighted by Crippen LogP contribution is -2.33. The molecule has 2 aromatic rings. The van der Waals surface area contributed by atoms with Crippen LogP contribution in [0.25, 0.3) is 0 Å². The molecule has 154 valence electrons. The molecule has 1 atom stereocenters. The summed E-state index contributed by atoms with van der Waals surface area (Å²) in [5.74, 6) is 0.00211. The van der Waals surface area contributed by atoms with Gasteiger partial charge in [-0.3, -0.25) is 4.79 Å². The van der Waals surface area contributed by atoms with Crippen molar-refractivity contribution in [2.75, 3.05) is 13.7 Å². The minimum atomic E-state index is -1.02. The maximum atomic E-state index is 12.9. The van der Waals surface area contributed by atoms with Crippen molar-refractivity contribution < 1.29 is 23.8 Å². The number of hydrogen-bond donors (Lipinski definition) is 1. The quantitative estimate of drug-likeness (QED) is 0.559. The zero-order valence-electron chi connectivity index (χ0n) is 16.4. The van der Waals surface area contributed by atoms with Crippen LogP contribution in [-0.2, 0) is 9.53 Å². The minimum absolute atomic E-state index is 0.164. The Morgan fingerprint density at radius 1 is 1.21 bits per heavy atom.